The number of benzene rings is 1. The molecule has 5 heteroatoms. The molecule has 106 valence electrons. The smallest absolute Gasteiger partial charge is 0.264 e. The first-order valence-corrected chi connectivity index (χ1v) is 7.16. The molecule has 1 N–H and O–H groups in total. The number of hydrogen-bond donors (Lipinski definition) is 1. The van der Waals surface area contributed by atoms with Gasteiger partial charge in [-0.05, 0) is 44.5 Å². The Labute approximate surface area is 117 Å². The molecule has 5 nitrogen and oxygen atoms in total. The van der Waals surface area contributed by atoms with Gasteiger partial charge in [-0.2, -0.15) is 5.10 Å². The summed E-state index contributed by atoms with van der Waals surface area (Å²) in [5.41, 5.74) is 0.568. The Bertz CT molecular complexity index is 632. The Kier molecular flexibility index (Phi) is 3.97. The molecule has 1 saturated heterocycles. The third-order valence-electron chi connectivity index (χ3n) is 3.66. The van der Waals surface area contributed by atoms with Crippen molar-refractivity contribution in [2.45, 2.75) is 19.3 Å². The summed E-state index contributed by atoms with van der Waals surface area (Å²) in [6, 6.07) is 7.16. The number of rotatable bonds is 5. The molecule has 1 aliphatic heterocycles. The number of fused-ring (bicyclic) bond motifs is 1. The van der Waals surface area contributed by atoms with Crippen molar-refractivity contribution in [2.24, 2.45) is 0 Å². The van der Waals surface area contributed by atoms with Gasteiger partial charge in [-0.1, -0.05) is 0 Å². The lowest BCUT2D eigenvalue weighted by Crippen LogP contribution is -2.21. The third kappa shape index (κ3) is 3.17. The highest BCUT2D eigenvalue weighted by atomic mass is 16.5. The molecule has 2 heterocycles. The molecule has 0 bridgehead atoms. The van der Waals surface area contributed by atoms with Crippen molar-refractivity contribution in [3.05, 3.63) is 34.6 Å². The van der Waals surface area contributed by atoms with Crippen LogP contribution in [0.4, 0.5) is 0 Å². The summed E-state index contributed by atoms with van der Waals surface area (Å²) in [7, 11) is 0. The lowest BCUT2D eigenvalue weighted by atomic mass is 10.2. The second kappa shape index (κ2) is 6.05. The molecule has 1 aromatic carbocycles. The summed E-state index contributed by atoms with van der Waals surface area (Å²) in [6.45, 7) is 4.28. The fourth-order valence-electron chi connectivity index (χ4n) is 2.61. The zero-order chi connectivity index (χ0) is 13.8. The average Bonchev–Trinajstić information content (AvgIpc) is 2.97. The number of aromatic amines is 1. The van der Waals surface area contributed by atoms with Gasteiger partial charge in [0.2, 0.25) is 0 Å². The van der Waals surface area contributed by atoms with Gasteiger partial charge < -0.3 is 9.64 Å². The molecule has 0 unspecified atom stereocenters. The van der Waals surface area contributed by atoms with E-state index in [1.165, 1.54) is 25.9 Å². The Morgan fingerprint density at radius 1 is 1.25 bits per heavy atom. The largest absolute Gasteiger partial charge is 0.493 e. The van der Waals surface area contributed by atoms with E-state index in [2.05, 4.69) is 15.1 Å². The lowest BCUT2D eigenvalue weighted by molar-refractivity contribution is 0.263. The van der Waals surface area contributed by atoms with Crippen molar-refractivity contribution >= 4 is 10.9 Å². The first-order chi connectivity index (χ1) is 9.81. The topological polar surface area (TPSA) is 58.2 Å². The third-order valence-corrected chi connectivity index (χ3v) is 3.66. The summed E-state index contributed by atoms with van der Waals surface area (Å²) >= 11 is 0. The first-order valence-electron chi connectivity index (χ1n) is 7.16. The highest BCUT2D eigenvalue weighted by Gasteiger charge is 2.10. The van der Waals surface area contributed by atoms with E-state index >= 15 is 0 Å². The molecule has 0 spiro atoms. The molecule has 1 aromatic heterocycles. The molecular formula is C15H19N3O2. The van der Waals surface area contributed by atoms with E-state index in [0.717, 1.165) is 29.6 Å². The molecule has 0 aliphatic carbocycles. The molecule has 0 saturated carbocycles. The maximum Gasteiger partial charge on any atom is 0.264 e. The fraction of sp³-hybridized carbons (Fsp3) is 0.467. The monoisotopic (exact) mass is 273 g/mol. The van der Waals surface area contributed by atoms with Crippen LogP contribution in [0.5, 0.6) is 5.75 Å². The SMILES string of the molecule is O=c1cc2ccc(OCCCN3CCCC3)cc2n[nH]1. The van der Waals surface area contributed by atoms with E-state index in [1.807, 2.05) is 18.2 Å². The van der Waals surface area contributed by atoms with Crippen LogP contribution in [0.15, 0.2) is 29.1 Å². The number of H-pyrrole nitrogens is 1. The Morgan fingerprint density at radius 2 is 2.10 bits per heavy atom. The van der Waals surface area contributed by atoms with E-state index in [4.69, 9.17) is 4.74 Å². The van der Waals surface area contributed by atoms with Gasteiger partial charge in [0.1, 0.15) is 5.75 Å². The van der Waals surface area contributed by atoms with Crippen LogP contribution in [-0.4, -0.2) is 41.3 Å². The van der Waals surface area contributed by atoms with E-state index in [-0.39, 0.29) is 5.56 Å². The molecule has 2 aromatic rings. The van der Waals surface area contributed by atoms with Crippen LogP contribution < -0.4 is 10.3 Å². The Hall–Kier alpha value is -1.88. The summed E-state index contributed by atoms with van der Waals surface area (Å²) in [5.74, 6) is 0.804. The Morgan fingerprint density at radius 3 is 2.95 bits per heavy atom. The van der Waals surface area contributed by atoms with Crippen LogP contribution in [0.2, 0.25) is 0 Å². The Balaban J connectivity index is 1.54. The van der Waals surface area contributed by atoms with Gasteiger partial charge in [0, 0.05) is 24.1 Å². The maximum absolute atomic E-state index is 11.2. The predicted molar refractivity (Wildman–Crippen MR) is 78.1 cm³/mol. The molecule has 20 heavy (non-hydrogen) atoms. The van der Waals surface area contributed by atoms with Crippen molar-refractivity contribution in [3.63, 3.8) is 0 Å². The van der Waals surface area contributed by atoms with Gasteiger partial charge in [-0.15, -0.1) is 0 Å². The molecule has 0 atom stereocenters. The van der Waals surface area contributed by atoms with Gasteiger partial charge in [-0.25, -0.2) is 5.10 Å². The fourth-order valence-corrected chi connectivity index (χ4v) is 2.61. The number of nitrogens with one attached hydrogen (secondary N) is 1. The average molecular weight is 273 g/mol. The zero-order valence-corrected chi connectivity index (χ0v) is 11.5. The van der Waals surface area contributed by atoms with Gasteiger partial charge in [0.05, 0.1) is 12.1 Å². The quantitative estimate of drug-likeness (QED) is 0.844. The first kappa shape index (κ1) is 13.1. The minimum atomic E-state index is -0.184. The summed E-state index contributed by atoms with van der Waals surface area (Å²) in [5, 5.41) is 7.28. The van der Waals surface area contributed by atoms with Crippen LogP contribution in [0.25, 0.3) is 10.9 Å². The standard InChI is InChI=1S/C15H19N3O2/c19-15-10-12-4-5-13(11-14(12)16-17-15)20-9-3-8-18-6-1-2-7-18/h4-5,10-11H,1-3,6-9H2,(H,17,19). The van der Waals surface area contributed by atoms with E-state index in [1.54, 1.807) is 6.07 Å². The van der Waals surface area contributed by atoms with Crippen LogP contribution in [0, 0.1) is 0 Å². The van der Waals surface area contributed by atoms with Crippen molar-refractivity contribution in [1.29, 1.82) is 0 Å². The van der Waals surface area contributed by atoms with Crippen LogP contribution in [-0.2, 0) is 0 Å². The predicted octanol–water partition coefficient (Wildman–Crippen LogP) is 1.79. The molecular weight excluding hydrogens is 254 g/mol. The van der Waals surface area contributed by atoms with Crippen molar-refractivity contribution in [3.8, 4) is 5.75 Å². The second-order valence-corrected chi connectivity index (χ2v) is 5.20. The minimum absolute atomic E-state index is 0.184. The highest BCUT2D eigenvalue weighted by Crippen LogP contribution is 2.17. The van der Waals surface area contributed by atoms with Crippen LogP contribution in [0.1, 0.15) is 19.3 Å². The number of hydrogen-bond acceptors (Lipinski definition) is 4. The molecule has 1 fully saturated rings. The summed E-state index contributed by atoms with van der Waals surface area (Å²) in [6.07, 6.45) is 3.70. The number of aromatic nitrogens is 2. The van der Waals surface area contributed by atoms with Crippen LogP contribution >= 0.6 is 0 Å². The molecule has 0 radical (unpaired) electrons. The number of nitrogens with zero attached hydrogens (tertiary/aromatic N) is 2. The molecule has 3 rings (SSSR count). The second-order valence-electron chi connectivity index (χ2n) is 5.20. The zero-order valence-electron chi connectivity index (χ0n) is 11.5. The van der Waals surface area contributed by atoms with Crippen molar-refractivity contribution in [2.75, 3.05) is 26.2 Å². The summed E-state index contributed by atoms with van der Waals surface area (Å²) in [4.78, 5) is 13.6. The molecule has 0 amide bonds. The van der Waals surface area contributed by atoms with E-state index in [9.17, 15) is 4.79 Å². The van der Waals surface area contributed by atoms with Gasteiger partial charge in [0.25, 0.3) is 5.56 Å². The van der Waals surface area contributed by atoms with E-state index < -0.39 is 0 Å². The van der Waals surface area contributed by atoms with Gasteiger partial charge in [0.15, 0.2) is 0 Å². The number of ether oxygens (including phenoxy) is 1. The van der Waals surface area contributed by atoms with Gasteiger partial charge in [-0.3, -0.25) is 4.79 Å². The minimum Gasteiger partial charge on any atom is -0.493 e. The maximum atomic E-state index is 11.2. The normalized spacial score (nSPS) is 15.8. The number of likely N-dealkylation sites (tertiary alicyclic amines) is 1. The van der Waals surface area contributed by atoms with Crippen molar-refractivity contribution in [1.82, 2.24) is 15.1 Å². The highest BCUT2D eigenvalue weighted by molar-refractivity contribution is 5.79. The summed E-state index contributed by atoms with van der Waals surface area (Å²) < 4.78 is 5.75. The van der Waals surface area contributed by atoms with Crippen LogP contribution in [0.3, 0.4) is 0 Å². The molecule has 1 aliphatic rings. The van der Waals surface area contributed by atoms with E-state index in [0.29, 0.717) is 6.61 Å². The lowest BCUT2D eigenvalue weighted by Gasteiger charge is -2.14. The van der Waals surface area contributed by atoms with Gasteiger partial charge >= 0.3 is 0 Å². The van der Waals surface area contributed by atoms with Crippen molar-refractivity contribution < 1.29 is 4.74 Å².